The molecule has 96 heavy (non-hydrogen) atoms. The van der Waals surface area contributed by atoms with Crippen molar-refractivity contribution in [3.63, 3.8) is 0 Å². The van der Waals surface area contributed by atoms with Gasteiger partial charge in [0.25, 0.3) is 11.8 Å². The molecule has 3 aromatic carbocycles. The number of benzene rings is 3. The number of amides is 7. The first-order chi connectivity index (χ1) is 45.8. The van der Waals surface area contributed by atoms with Crippen LogP contribution < -0.4 is 15.4 Å². The molecule has 2 saturated heterocycles. The van der Waals surface area contributed by atoms with Gasteiger partial charge in [-0.3, -0.25) is 34.3 Å². The number of terminal acetylenes is 1. The summed E-state index contributed by atoms with van der Waals surface area (Å²) in [5.74, 6) is -1.74. The van der Waals surface area contributed by atoms with Crippen molar-refractivity contribution in [1.82, 2.24) is 24.9 Å². The average molecular weight is 1360 g/mol. The summed E-state index contributed by atoms with van der Waals surface area (Å²) < 4.78 is 64.5. The van der Waals surface area contributed by atoms with Crippen LogP contribution in [0.15, 0.2) is 105 Å². The van der Waals surface area contributed by atoms with Gasteiger partial charge in [-0.15, -0.1) is 6.42 Å². The number of carbonyl (C=O) groups excluding carboxylic acids is 10. The molecule has 6 rings (SSSR count). The van der Waals surface area contributed by atoms with Gasteiger partial charge in [0.15, 0.2) is 24.1 Å². The quantitative estimate of drug-likeness (QED) is 0.00945. The summed E-state index contributed by atoms with van der Waals surface area (Å²) in [6, 6.07) is 11.3. The molecule has 2 N–H and O–H groups in total. The first-order valence-electron chi connectivity index (χ1n) is 29.5. The average Bonchev–Trinajstić information content (AvgIpc) is 1.31. The number of likely N-dealkylation sites (N-methyl/N-ethyl adjacent to an activating group) is 1. The normalized spacial score (nSPS) is 17.9. The number of esters is 1. The lowest BCUT2D eigenvalue weighted by atomic mass is 9.98. The number of anilines is 1. The topological polar surface area (TPSA) is 362 Å². The van der Waals surface area contributed by atoms with Gasteiger partial charge in [0.1, 0.15) is 51.3 Å². The second-order valence-electron chi connectivity index (χ2n) is 21.9. The first-order valence-corrected chi connectivity index (χ1v) is 29.8. The van der Waals surface area contributed by atoms with E-state index in [-0.39, 0.29) is 43.7 Å². The zero-order chi connectivity index (χ0) is 70.2. The molecule has 3 aliphatic rings. The maximum atomic E-state index is 14.2. The lowest BCUT2D eigenvalue weighted by Gasteiger charge is -2.42. The van der Waals surface area contributed by atoms with Crippen molar-refractivity contribution in [3.05, 3.63) is 148 Å². The van der Waals surface area contributed by atoms with Crippen LogP contribution in [0.4, 0.5) is 40.1 Å². The number of imide groups is 1. The largest absolute Gasteiger partial charge is 0.509 e. The molecule has 2 fully saturated rings. The smallest absolute Gasteiger partial charge is 0.459 e. The number of nitrogens with one attached hydrogen (secondary N) is 2. The number of rotatable bonds is 30. The molecule has 514 valence electrons. The zero-order valence-electron chi connectivity index (χ0n) is 52.9. The lowest BCUT2D eigenvalue weighted by molar-refractivity contribution is -0.387. The second kappa shape index (κ2) is 35.5. The van der Waals surface area contributed by atoms with E-state index >= 15 is 0 Å². The molecule has 0 spiro atoms. The van der Waals surface area contributed by atoms with Crippen molar-refractivity contribution in [1.29, 1.82) is 0 Å². The van der Waals surface area contributed by atoms with Gasteiger partial charge in [-0.25, -0.2) is 33.6 Å². The molecule has 31 nitrogen and oxygen atoms in total. The summed E-state index contributed by atoms with van der Waals surface area (Å²) in [6.45, 7) is 16.4. The van der Waals surface area contributed by atoms with Crippen LogP contribution in [0.5, 0.6) is 5.75 Å². The van der Waals surface area contributed by atoms with Crippen molar-refractivity contribution in [3.8, 4) is 18.1 Å². The number of piperidine rings is 1. The highest BCUT2D eigenvalue weighted by atomic mass is 35.5. The monoisotopic (exact) mass is 1360 g/mol. The van der Waals surface area contributed by atoms with E-state index in [0.29, 0.717) is 41.4 Å². The van der Waals surface area contributed by atoms with Crippen LogP contribution in [0, 0.1) is 22.5 Å². The number of nitrogens with zero attached hydrogens (tertiary/aromatic N) is 5. The highest BCUT2D eigenvalue weighted by Gasteiger charge is 2.58. The summed E-state index contributed by atoms with van der Waals surface area (Å²) in [5, 5.41) is 18.6. The third kappa shape index (κ3) is 21.2. The second-order valence-corrected chi connectivity index (χ2v) is 22.3. The van der Waals surface area contributed by atoms with E-state index in [0.717, 1.165) is 45.7 Å². The van der Waals surface area contributed by atoms with Gasteiger partial charge in [0.2, 0.25) is 18.3 Å². The van der Waals surface area contributed by atoms with Gasteiger partial charge in [0, 0.05) is 55.4 Å². The fourth-order valence-electron chi connectivity index (χ4n) is 9.35. The fraction of sp³-hybridized carbons (Fsp3) is 0.406. The number of ether oxygens (including phenoxy) is 12. The first kappa shape index (κ1) is 74.3. The Morgan fingerprint density at radius 1 is 0.812 bits per heavy atom. The Balaban J connectivity index is 1.09. The molecule has 3 aliphatic heterocycles. The summed E-state index contributed by atoms with van der Waals surface area (Å²) in [5.41, 5.74) is 1.08. The Labute approximate surface area is 556 Å². The molecule has 0 radical (unpaired) electrons. The van der Waals surface area contributed by atoms with E-state index in [1.54, 1.807) is 64.2 Å². The summed E-state index contributed by atoms with van der Waals surface area (Å²) in [4.78, 5) is 149. The maximum Gasteiger partial charge on any atom is 0.509 e. The fourth-order valence-corrected chi connectivity index (χ4v) is 9.63. The molecule has 32 heteroatoms. The molecule has 1 unspecified atom stereocenters. The Kier molecular flexibility index (Phi) is 27.5. The predicted octanol–water partition coefficient (Wildman–Crippen LogP) is 7.66. The van der Waals surface area contributed by atoms with Crippen LogP contribution in [-0.4, -0.2) is 194 Å². The minimum absolute atomic E-state index is 0.0380. The Morgan fingerprint density at radius 3 is 2.07 bits per heavy atom. The van der Waals surface area contributed by atoms with E-state index in [1.807, 2.05) is 0 Å². The number of hydrogen-bond donors (Lipinski definition) is 2. The Hall–Kier alpha value is -10.7. The minimum Gasteiger partial charge on any atom is -0.459 e. The maximum absolute atomic E-state index is 14.2. The van der Waals surface area contributed by atoms with E-state index in [1.165, 1.54) is 21.9 Å². The molecule has 3 aromatic rings. The van der Waals surface area contributed by atoms with Crippen molar-refractivity contribution >= 4 is 83.4 Å². The van der Waals surface area contributed by atoms with Crippen molar-refractivity contribution in [2.75, 3.05) is 71.8 Å². The molecule has 0 aliphatic carbocycles. The predicted molar refractivity (Wildman–Crippen MR) is 335 cm³/mol. The SMILES string of the molecule is C#CCN(CN1C(=O)CCC(N2Cc3cc(CNC(=O)Nc4ccc(CCOCCN(C)C(=O)OC(C)(C)C)c(Cl)c4)ccc3C2=O)C1=O)C(=O)OCc1ccc(O[C@@H]2O[C@H](C(=O)OCC=C)[C@@H](OC(=O)OCC=C)[C@H](OC(=O)OCC=C)[C@H]2OC(=O)OCC=C)c([N+](=O)[O-])c1. The van der Waals surface area contributed by atoms with Gasteiger partial charge >= 0.3 is 48.3 Å². The Morgan fingerprint density at radius 2 is 1.45 bits per heavy atom. The van der Waals surface area contributed by atoms with Crippen LogP contribution in [0.2, 0.25) is 5.02 Å². The number of fused-ring (bicyclic) bond motifs is 1. The molecule has 0 aromatic heterocycles. The standard InChI is InChI=1S/C64H72ClN7O24/c1-10-24-69(38-71-49(73)22-20-46(55(71)75)70-36-42-32-39(15-19-44(42)54(70)74)35-66-58(77)67-43-18-17-41(45(65)34-43)23-30-85-31-25-68(9)59(78)96-64(6,7)8)60(79)90-37-40-16-21-48(47(33-40)72(83)84)91-57-53(95-63(82)89-29-14-5)51(94-62(81)88-28-13-4)50(93-61(80)87-27-12-3)52(92-57)56(76)86-26-11-2/h1,11-19,21,32-34,46,50-53,57H,2-5,20,22-31,35-38H2,6-9H3,(H2,66,67,77)/t46?,50-,51-,52-,53+,57+/m0/s1. The molecule has 0 saturated carbocycles. The number of likely N-dealkylation sites (tertiary alicyclic amines) is 1. The summed E-state index contributed by atoms with van der Waals surface area (Å²) >= 11 is 6.53. The van der Waals surface area contributed by atoms with E-state index in [2.05, 4.69) is 42.9 Å². The number of nitro benzene ring substituents is 1. The minimum atomic E-state index is -2.21. The van der Waals surface area contributed by atoms with Crippen molar-refractivity contribution in [2.24, 2.45) is 0 Å². The highest BCUT2D eigenvalue weighted by molar-refractivity contribution is 6.31. The molecule has 0 bridgehead atoms. The third-order valence-electron chi connectivity index (χ3n) is 13.8. The number of carbonyl (C=O) groups is 10. The third-order valence-corrected chi connectivity index (χ3v) is 14.2. The van der Waals surface area contributed by atoms with Crippen LogP contribution in [0.3, 0.4) is 0 Å². The van der Waals surface area contributed by atoms with Crippen LogP contribution in [-0.2, 0) is 92.6 Å². The van der Waals surface area contributed by atoms with Gasteiger partial charge in [-0.1, -0.05) is 92.4 Å². The van der Waals surface area contributed by atoms with E-state index in [9.17, 15) is 58.1 Å². The number of halogens is 1. The van der Waals surface area contributed by atoms with Gasteiger partial charge in [-0.05, 0) is 80.1 Å². The number of nitro groups is 1. The van der Waals surface area contributed by atoms with Gasteiger partial charge < -0.3 is 77.3 Å². The molecule has 7 amide bonds. The van der Waals surface area contributed by atoms with Crippen LogP contribution in [0.25, 0.3) is 0 Å². The van der Waals surface area contributed by atoms with E-state index in [4.69, 9.17) is 74.9 Å². The lowest BCUT2D eigenvalue weighted by Crippen LogP contribution is -2.64. The molecule has 3 heterocycles. The van der Waals surface area contributed by atoms with Crippen molar-refractivity contribution < 1.29 is 110 Å². The zero-order valence-corrected chi connectivity index (χ0v) is 53.6. The van der Waals surface area contributed by atoms with Crippen LogP contribution in [0.1, 0.15) is 66.2 Å². The van der Waals surface area contributed by atoms with Gasteiger partial charge in [-0.2, -0.15) is 0 Å². The highest BCUT2D eigenvalue weighted by Crippen LogP contribution is 2.37. The molecular formula is C64H72ClN7O24. The summed E-state index contributed by atoms with van der Waals surface area (Å²) in [7, 11) is 1.62. The van der Waals surface area contributed by atoms with Gasteiger partial charge in [0.05, 0.1) is 24.7 Å². The molecule has 6 atom stereocenters. The van der Waals surface area contributed by atoms with Crippen LogP contribution >= 0.6 is 11.6 Å². The molecular weight excluding hydrogens is 1290 g/mol. The Bertz CT molecular complexity index is 3480. The van der Waals surface area contributed by atoms with Crippen molar-refractivity contribution in [2.45, 2.75) is 102 Å². The van der Waals surface area contributed by atoms with E-state index < -0.39 is 165 Å². The summed E-state index contributed by atoms with van der Waals surface area (Å²) in [6.07, 6.45) is -6.45. The number of urea groups is 1. The number of hydrogen-bond acceptors (Lipinski definition) is 24.